The van der Waals surface area contributed by atoms with Crippen LogP contribution in [-0.2, 0) is 9.53 Å². The minimum Gasteiger partial charge on any atom is -0.466 e. The van der Waals surface area contributed by atoms with Crippen molar-refractivity contribution in [2.75, 3.05) is 12.4 Å². The average molecular weight is 213 g/mol. The fraction of sp³-hybridized carbons (Fsp3) is 0.600. The Hall–Kier alpha value is -0.770. The van der Waals surface area contributed by atoms with Crippen LogP contribution in [0.15, 0.2) is 16.1 Å². The van der Waals surface area contributed by atoms with Crippen molar-refractivity contribution in [2.24, 2.45) is 4.99 Å². The number of hydrogen-bond acceptors (Lipinski definition) is 4. The van der Waals surface area contributed by atoms with E-state index in [0.29, 0.717) is 13.0 Å². The number of hydrogen-bond donors (Lipinski definition) is 0. The number of aliphatic imine (C=N–C) groups is 1. The van der Waals surface area contributed by atoms with Gasteiger partial charge in [-0.05, 0) is 20.3 Å². The highest BCUT2D eigenvalue weighted by atomic mass is 32.2. The lowest BCUT2D eigenvalue weighted by atomic mass is 10.3. The largest absolute Gasteiger partial charge is 0.466 e. The molecule has 1 aliphatic rings. The Kier molecular flexibility index (Phi) is 4.73. The zero-order valence-corrected chi connectivity index (χ0v) is 9.39. The van der Waals surface area contributed by atoms with Gasteiger partial charge in [0.2, 0.25) is 0 Å². The highest BCUT2D eigenvalue weighted by Gasteiger charge is 2.08. The molecule has 0 saturated heterocycles. The molecule has 0 atom stereocenters. The van der Waals surface area contributed by atoms with Gasteiger partial charge in [0.05, 0.1) is 13.0 Å². The predicted molar refractivity (Wildman–Crippen MR) is 59.5 cm³/mol. The maximum Gasteiger partial charge on any atom is 0.306 e. The van der Waals surface area contributed by atoms with E-state index in [9.17, 15) is 4.79 Å². The molecule has 1 heterocycles. The molecule has 0 fully saturated rings. The average Bonchev–Trinajstić information content (AvgIpc) is 2.17. The number of allylic oxidation sites excluding steroid dienone is 1. The van der Waals surface area contributed by atoms with Crippen LogP contribution in [0.4, 0.5) is 0 Å². The number of thioether (sulfide) groups is 1. The Labute approximate surface area is 88.6 Å². The fourth-order valence-electron chi connectivity index (χ4n) is 1.05. The Morgan fingerprint density at radius 2 is 2.50 bits per heavy atom. The molecule has 4 heteroatoms. The zero-order chi connectivity index (χ0) is 10.4. The highest BCUT2D eigenvalue weighted by molar-refractivity contribution is 8.03. The van der Waals surface area contributed by atoms with Gasteiger partial charge in [-0.1, -0.05) is 0 Å². The Morgan fingerprint density at radius 1 is 1.71 bits per heavy atom. The fourth-order valence-corrected chi connectivity index (χ4v) is 1.89. The van der Waals surface area contributed by atoms with Gasteiger partial charge in [-0.25, -0.2) is 0 Å². The summed E-state index contributed by atoms with van der Waals surface area (Å²) in [6.45, 7) is 4.29. The molecule has 0 aromatic rings. The van der Waals surface area contributed by atoms with E-state index < -0.39 is 0 Å². The van der Waals surface area contributed by atoms with E-state index in [-0.39, 0.29) is 5.97 Å². The van der Waals surface area contributed by atoms with Gasteiger partial charge in [0.15, 0.2) is 0 Å². The van der Waals surface area contributed by atoms with Crippen LogP contribution in [0, 0.1) is 0 Å². The molecule has 1 aliphatic heterocycles. The number of carbonyl (C=O) groups is 1. The summed E-state index contributed by atoms with van der Waals surface area (Å²) < 4.78 is 4.84. The van der Waals surface area contributed by atoms with Crippen LogP contribution in [0.25, 0.3) is 0 Å². The summed E-state index contributed by atoms with van der Waals surface area (Å²) >= 11 is 1.75. The van der Waals surface area contributed by atoms with E-state index in [4.69, 9.17) is 4.74 Å². The van der Waals surface area contributed by atoms with E-state index in [2.05, 4.69) is 4.99 Å². The maximum atomic E-state index is 11.1. The van der Waals surface area contributed by atoms with Crippen molar-refractivity contribution in [1.29, 1.82) is 0 Å². The second-order valence-electron chi connectivity index (χ2n) is 3.05. The van der Waals surface area contributed by atoms with E-state index in [1.807, 2.05) is 20.0 Å². The van der Waals surface area contributed by atoms with Gasteiger partial charge < -0.3 is 4.74 Å². The molecule has 78 valence electrons. The molecule has 0 aliphatic carbocycles. The Morgan fingerprint density at radius 3 is 3.07 bits per heavy atom. The van der Waals surface area contributed by atoms with Crippen molar-refractivity contribution >= 4 is 23.4 Å². The molecule has 0 N–H and O–H groups in total. The molecular weight excluding hydrogens is 198 g/mol. The molecule has 3 nitrogen and oxygen atoms in total. The molecule has 0 saturated carbocycles. The number of ether oxygens (including phenoxy) is 1. The molecule has 0 bridgehead atoms. The standard InChI is InChI=1S/C10H15NO2S/c1-3-13-10(12)5-4-9-6-11-8(2)7-14-9/h6H,3-5,7H2,1-2H3. The van der Waals surface area contributed by atoms with Crippen LogP contribution in [0.3, 0.4) is 0 Å². The quantitative estimate of drug-likeness (QED) is 0.673. The van der Waals surface area contributed by atoms with Crippen molar-refractivity contribution in [1.82, 2.24) is 0 Å². The van der Waals surface area contributed by atoms with E-state index >= 15 is 0 Å². The van der Waals surface area contributed by atoms with Crippen LogP contribution in [-0.4, -0.2) is 24.0 Å². The van der Waals surface area contributed by atoms with Crippen molar-refractivity contribution in [3.05, 3.63) is 11.1 Å². The summed E-state index contributed by atoms with van der Waals surface area (Å²) in [7, 11) is 0. The van der Waals surface area contributed by atoms with Gasteiger partial charge in [-0.2, -0.15) is 0 Å². The summed E-state index contributed by atoms with van der Waals surface area (Å²) in [4.78, 5) is 16.4. The first-order valence-electron chi connectivity index (χ1n) is 4.73. The molecule has 0 amide bonds. The molecule has 0 unspecified atom stereocenters. The van der Waals surface area contributed by atoms with E-state index in [0.717, 1.165) is 17.9 Å². The van der Waals surface area contributed by atoms with Crippen LogP contribution in [0.2, 0.25) is 0 Å². The first-order valence-corrected chi connectivity index (χ1v) is 5.71. The molecule has 14 heavy (non-hydrogen) atoms. The minimum atomic E-state index is -0.125. The highest BCUT2D eigenvalue weighted by Crippen LogP contribution is 2.24. The van der Waals surface area contributed by atoms with Crippen molar-refractivity contribution < 1.29 is 9.53 Å². The third kappa shape index (κ3) is 3.96. The number of rotatable bonds is 4. The minimum absolute atomic E-state index is 0.125. The topological polar surface area (TPSA) is 38.7 Å². The Balaban J connectivity index is 2.28. The number of carbonyl (C=O) groups excluding carboxylic acids is 1. The van der Waals surface area contributed by atoms with Crippen LogP contribution in [0.1, 0.15) is 26.7 Å². The van der Waals surface area contributed by atoms with Gasteiger partial charge in [-0.3, -0.25) is 9.79 Å². The summed E-state index contributed by atoms with van der Waals surface area (Å²) in [5.74, 6) is 0.814. The summed E-state index contributed by atoms with van der Waals surface area (Å²) in [6, 6.07) is 0. The lowest BCUT2D eigenvalue weighted by molar-refractivity contribution is -0.143. The first kappa shape index (κ1) is 11.3. The molecule has 0 aromatic heterocycles. The lowest BCUT2D eigenvalue weighted by Gasteiger charge is -2.09. The van der Waals surface area contributed by atoms with Gasteiger partial charge in [0.25, 0.3) is 0 Å². The third-order valence-corrected chi connectivity index (χ3v) is 3.02. The lowest BCUT2D eigenvalue weighted by Crippen LogP contribution is -2.05. The number of esters is 1. The van der Waals surface area contributed by atoms with Crippen molar-refractivity contribution in [3.63, 3.8) is 0 Å². The first-order chi connectivity index (χ1) is 6.72. The predicted octanol–water partition coefficient (Wildman–Crippen LogP) is 2.38. The van der Waals surface area contributed by atoms with Gasteiger partial charge in [0.1, 0.15) is 0 Å². The monoisotopic (exact) mass is 213 g/mol. The smallest absolute Gasteiger partial charge is 0.306 e. The molecule has 1 rings (SSSR count). The molecular formula is C10H15NO2S. The van der Waals surface area contributed by atoms with Crippen LogP contribution >= 0.6 is 11.8 Å². The third-order valence-electron chi connectivity index (χ3n) is 1.78. The van der Waals surface area contributed by atoms with Crippen molar-refractivity contribution in [2.45, 2.75) is 26.7 Å². The van der Waals surface area contributed by atoms with Gasteiger partial charge >= 0.3 is 5.97 Å². The summed E-state index contributed by atoms with van der Waals surface area (Å²) in [6.07, 6.45) is 3.06. The molecule has 0 spiro atoms. The molecule has 0 aromatic carbocycles. The van der Waals surface area contributed by atoms with Gasteiger partial charge in [0, 0.05) is 22.6 Å². The Bertz CT molecular complexity index is 271. The zero-order valence-electron chi connectivity index (χ0n) is 8.58. The van der Waals surface area contributed by atoms with E-state index in [1.54, 1.807) is 11.8 Å². The second-order valence-corrected chi connectivity index (χ2v) is 4.16. The van der Waals surface area contributed by atoms with Crippen molar-refractivity contribution in [3.8, 4) is 0 Å². The normalized spacial score (nSPS) is 15.9. The second kappa shape index (κ2) is 5.86. The summed E-state index contributed by atoms with van der Waals surface area (Å²) in [5.41, 5.74) is 1.13. The van der Waals surface area contributed by atoms with Gasteiger partial charge in [-0.15, -0.1) is 11.8 Å². The summed E-state index contributed by atoms with van der Waals surface area (Å²) in [5, 5.41) is 0. The van der Waals surface area contributed by atoms with E-state index in [1.165, 1.54) is 4.91 Å². The van der Waals surface area contributed by atoms with Crippen LogP contribution in [0.5, 0.6) is 0 Å². The maximum absolute atomic E-state index is 11.1. The van der Waals surface area contributed by atoms with Crippen LogP contribution < -0.4 is 0 Å². The molecule has 0 radical (unpaired) electrons. The number of nitrogens with zero attached hydrogens (tertiary/aromatic N) is 1. The SMILES string of the molecule is CCOC(=O)CCC1=CN=C(C)CS1.